The first kappa shape index (κ1) is 16.1. The molecule has 2 rings (SSSR count). The number of anilines is 1. The molecule has 0 spiro atoms. The zero-order valence-electron chi connectivity index (χ0n) is 11.1. The molecule has 0 unspecified atom stereocenters. The van der Waals surface area contributed by atoms with Crippen LogP contribution in [0.2, 0.25) is 10.0 Å². The fourth-order valence-electron chi connectivity index (χ4n) is 1.72. The van der Waals surface area contributed by atoms with Crippen LogP contribution in [0.25, 0.3) is 0 Å². The Labute approximate surface area is 136 Å². The summed E-state index contributed by atoms with van der Waals surface area (Å²) < 4.78 is 4.95. The summed E-state index contributed by atoms with van der Waals surface area (Å²) in [5.74, 6) is -1.30. The highest BCUT2D eigenvalue weighted by atomic mass is 35.5. The third-order valence-corrected chi connectivity index (χ3v) is 3.18. The summed E-state index contributed by atoms with van der Waals surface area (Å²) in [7, 11) is 0. The number of carbonyl (C=O) groups excluding carboxylic acids is 1. The average molecular weight is 340 g/mol. The zero-order chi connectivity index (χ0) is 16.1. The van der Waals surface area contributed by atoms with Crippen LogP contribution in [-0.4, -0.2) is 17.2 Å². The summed E-state index contributed by atoms with van der Waals surface area (Å²) in [6, 6.07) is 12.4. The first-order chi connectivity index (χ1) is 10.5. The molecule has 0 aliphatic rings. The number of amides is 1. The molecule has 1 amide bonds. The van der Waals surface area contributed by atoms with Gasteiger partial charge in [0.25, 0.3) is 0 Å². The molecule has 2 N–H and O–H groups in total. The van der Waals surface area contributed by atoms with Gasteiger partial charge in [0.15, 0.2) is 0 Å². The molecule has 0 saturated heterocycles. The van der Waals surface area contributed by atoms with Crippen LogP contribution >= 0.6 is 23.2 Å². The number of carboxylic acids is 1. The van der Waals surface area contributed by atoms with Crippen LogP contribution in [0.4, 0.5) is 10.5 Å². The summed E-state index contributed by atoms with van der Waals surface area (Å²) in [5.41, 5.74) is 0.705. The Bertz CT molecular complexity index is 688. The van der Waals surface area contributed by atoms with E-state index in [1.54, 1.807) is 36.4 Å². The van der Waals surface area contributed by atoms with Gasteiger partial charge in [-0.05, 0) is 36.4 Å². The fourth-order valence-corrected chi connectivity index (χ4v) is 2.04. The van der Waals surface area contributed by atoms with Gasteiger partial charge in [-0.15, -0.1) is 0 Å². The normalized spacial score (nSPS) is 11.5. The molecule has 1 atom stereocenters. The Morgan fingerprint density at radius 3 is 2.32 bits per heavy atom. The van der Waals surface area contributed by atoms with Gasteiger partial charge < -0.3 is 9.84 Å². The molecular weight excluding hydrogens is 329 g/mol. The van der Waals surface area contributed by atoms with Crippen molar-refractivity contribution in [2.75, 3.05) is 5.32 Å². The van der Waals surface area contributed by atoms with Gasteiger partial charge in [-0.25, -0.2) is 9.59 Å². The fraction of sp³-hybridized carbons (Fsp3) is 0.0667. The van der Waals surface area contributed by atoms with E-state index in [2.05, 4.69) is 5.32 Å². The molecule has 7 heteroatoms. The minimum atomic E-state index is -1.45. The van der Waals surface area contributed by atoms with Crippen molar-refractivity contribution >= 4 is 41.0 Å². The highest BCUT2D eigenvalue weighted by Crippen LogP contribution is 2.22. The molecule has 22 heavy (non-hydrogen) atoms. The van der Waals surface area contributed by atoms with E-state index >= 15 is 0 Å². The first-order valence-corrected chi connectivity index (χ1v) is 6.93. The van der Waals surface area contributed by atoms with Crippen molar-refractivity contribution in [3.8, 4) is 0 Å². The topological polar surface area (TPSA) is 75.6 Å². The highest BCUT2D eigenvalue weighted by molar-refractivity contribution is 6.30. The van der Waals surface area contributed by atoms with Gasteiger partial charge in [-0.3, -0.25) is 5.32 Å². The van der Waals surface area contributed by atoms with E-state index in [0.717, 1.165) is 0 Å². The van der Waals surface area contributed by atoms with E-state index < -0.39 is 18.2 Å². The lowest BCUT2D eigenvalue weighted by atomic mass is 10.1. The quantitative estimate of drug-likeness (QED) is 0.867. The van der Waals surface area contributed by atoms with Gasteiger partial charge >= 0.3 is 12.1 Å². The maximum Gasteiger partial charge on any atom is 0.412 e. The van der Waals surface area contributed by atoms with Gasteiger partial charge in [0.2, 0.25) is 6.10 Å². The van der Waals surface area contributed by atoms with Gasteiger partial charge in [0.05, 0.1) is 0 Å². The van der Waals surface area contributed by atoms with E-state index in [9.17, 15) is 14.7 Å². The number of carboxylic acid groups (broad SMARTS) is 1. The average Bonchev–Trinajstić information content (AvgIpc) is 2.47. The predicted molar refractivity (Wildman–Crippen MR) is 83.4 cm³/mol. The molecule has 0 aliphatic carbocycles. The largest absolute Gasteiger partial charge is 0.478 e. The summed E-state index contributed by atoms with van der Waals surface area (Å²) in [4.78, 5) is 23.1. The third kappa shape index (κ3) is 4.38. The maximum absolute atomic E-state index is 11.8. The second kappa shape index (κ2) is 7.15. The SMILES string of the molecule is O=C(Nc1ccc(Cl)cc1)O[C@@H](C(=O)O)c1cccc(Cl)c1. The van der Waals surface area contributed by atoms with Crippen LogP contribution in [-0.2, 0) is 9.53 Å². The maximum atomic E-state index is 11.8. The molecule has 0 bridgehead atoms. The minimum Gasteiger partial charge on any atom is -0.478 e. The number of nitrogens with one attached hydrogen (secondary N) is 1. The number of halogens is 2. The minimum absolute atomic E-state index is 0.270. The first-order valence-electron chi connectivity index (χ1n) is 6.17. The van der Waals surface area contributed by atoms with Crippen molar-refractivity contribution in [2.45, 2.75) is 6.10 Å². The molecule has 5 nitrogen and oxygen atoms in total. The number of hydrogen-bond acceptors (Lipinski definition) is 3. The van der Waals surface area contributed by atoms with E-state index in [-0.39, 0.29) is 5.56 Å². The summed E-state index contributed by atoms with van der Waals surface area (Å²) in [6.07, 6.45) is -2.35. The van der Waals surface area contributed by atoms with Crippen LogP contribution < -0.4 is 5.32 Å². The molecule has 0 fully saturated rings. The van der Waals surface area contributed by atoms with Crippen molar-refractivity contribution in [2.24, 2.45) is 0 Å². The van der Waals surface area contributed by atoms with E-state index in [4.69, 9.17) is 27.9 Å². The van der Waals surface area contributed by atoms with E-state index in [1.165, 1.54) is 12.1 Å². The zero-order valence-corrected chi connectivity index (χ0v) is 12.6. The Balaban J connectivity index is 2.09. The van der Waals surface area contributed by atoms with Crippen molar-refractivity contribution in [1.82, 2.24) is 0 Å². The predicted octanol–water partition coefficient (Wildman–Crippen LogP) is 4.37. The van der Waals surface area contributed by atoms with Gasteiger partial charge in [0.1, 0.15) is 0 Å². The molecule has 2 aromatic rings. The van der Waals surface area contributed by atoms with Crippen LogP contribution in [0.15, 0.2) is 48.5 Å². The molecule has 114 valence electrons. The molecule has 2 aromatic carbocycles. The molecule has 0 saturated carbocycles. The van der Waals surface area contributed by atoms with E-state index in [0.29, 0.717) is 15.7 Å². The lowest BCUT2D eigenvalue weighted by molar-refractivity contribution is -0.146. The number of rotatable bonds is 4. The molecule has 0 aliphatic heterocycles. The summed E-state index contributed by atoms with van der Waals surface area (Å²) >= 11 is 11.5. The van der Waals surface area contributed by atoms with Gasteiger partial charge in [0, 0.05) is 21.3 Å². The summed E-state index contributed by atoms with van der Waals surface area (Å²) in [6.45, 7) is 0. The number of aliphatic carboxylic acids is 1. The number of ether oxygens (including phenoxy) is 1. The standard InChI is InChI=1S/C15H11Cl2NO4/c16-10-4-6-12(7-5-10)18-15(21)22-13(14(19)20)9-2-1-3-11(17)8-9/h1-8,13H,(H,18,21)(H,19,20)/t13-/m1/s1. The van der Waals surface area contributed by atoms with Crippen LogP contribution in [0.5, 0.6) is 0 Å². The monoisotopic (exact) mass is 339 g/mol. The van der Waals surface area contributed by atoms with E-state index in [1.807, 2.05) is 0 Å². The smallest absolute Gasteiger partial charge is 0.412 e. The summed E-state index contributed by atoms with van der Waals surface area (Å²) in [5, 5.41) is 12.5. The van der Waals surface area contributed by atoms with Gasteiger partial charge in [-0.1, -0.05) is 35.3 Å². The number of carbonyl (C=O) groups is 2. The Kier molecular flexibility index (Phi) is 5.25. The Hall–Kier alpha value is -2.24. The molecular formula is C15H11Cl2NO4. The van der Waals surface area contributed by atoms with Crippen molar-refractivity contribution in [3.05, 3.63) is 64.1 Å². The lowest BCUT2D eigenvalue weighted by Gasteiger charge is -2.15. The second-order valence-electron chi connectivity index (χ2n) is 4.31. The Morgan fingerprint density at radius 2 is 1.73 bits per heavy atom. The number of hydrogen-bond donors (Lipinski definition) is 2. The van der Waals surface area contributed by atoms with Crippen LogP contribution in [0.3, 0.4) is 0 Å². The molecule has 0 aromatic heterocycles. The third-order valence-electron chi connectivity index (χ3n) is 2.69. The van der Waals surface area contributed by atoms with Gasteiger partial charge in [-0.2, -0.15) is 0 Å². The van der Waals surface area contributed by atoms with Crippen LogP contribution in [0, 0.1) is 0 Å². The molecule has 0 heterocycles. The lowest BCUT2D eigenvalue weighted by Crippen LogP contribution is -2.23. The van der Waals surface area contributed by atoms with Crippen LogP contribution in [0.1, 0.15) is 11.7 Å². The van der Waals surface area contributed by atoms with Crippen molar-refractivity contribution in [3.63, 3.8) is 0 Å². The second-order valence-corrected chi connectivity index (χ2v) is 5.18. The Morgan fingerprint density at radius 1 is 1.05 bits per heavy atom. The highest BCUT2D eigenvalue weighted by Gasteiger charge is 2.24. The number of benzene rings is 2. The molecule has 0 radical (unpaired) electrons. The van der Waals surface area contributed by atoms with Crippen molar-refractivity contribution < 1.29 is 19.4 Å². The van der Waals surface area contributed by atoms with Crippen molar-refractivity contribution in [1.29, 1.82) is 0 Å².